The highest BCUT2D eigenvalue weighted by molar-refractivity contribution is 14.1. The van der Waals surface area contributed by atoms with Crippen molar-refractivity contribution >= 4 is 68.4 Å². The molecule has 0 unspecified atom stereocenters. The maximum Gasteiger partial charge on any atom is 0.142 e. The van der Waals surface area contributed by atoms with E-state index in [1.165, 1.54) is 0 Å². The number of hydrogen-bond acceptors (Lipinski definition) is 2. The van der Waals surface area contributed by atoms with Crippen molar-refractivity contribution in [3.8, 4) is 11.8 Å². The average molecular weight is 507 g/mol. The summed E-state index contributed by atoms with van der Waals surface area (Å²) in [4.78, 5) is 0. The molecule has 5 heteroatoms. The normalized spacial score (nSPS) is 11.2. The first-order valence-electron chi connectivity index (χ1n) is 5.57. The van der Waals surface area contributed by atoms with E-state index in [9.17, 15) is 10.4 Å². The van der Waals surface area contributed by atoms with Crippen molar-refractivity contribution in [3.63, 3.8) is 0 Å². The maximum atomic E-state index is 9.75. The Balaban J connectivity index is 2.47. The first-order chi connectivity index (χ1) is 9.51. The van der Waals surface area contributed by atoms with Crippen LogP contribution in [0.25, 0.3) is 11.6 Å². The third-order valence-electron chi connectivity index (χ3n) is 2.63. The molecule has 0 amide bonds. The van der Waals surface area contributed by atoms with E-state index in [0.717, 1.165) is 18.3 Å². The zero-order valence-corrected chi connectivity index (χ0v) is 15.1. The summed E-state index contributed by atoms with van der Waals surface area (Å²) in [7, 11) is 0. The summed E-state index contributed by atoms with van der Waals surface area (Å²) in [5.41, 5.74) is 2.25. The van der Waals surface area contributed by atoms with E-state index in [-0.39, 0.29) is 5.75 Å². The summed E-state index contributed by atoms with van der Waals surface area (Å²) >= 11 is 9.98. The van der Waals surface area contributed by atoms with Crippen molar-refractivity contribution in [3.05, 3.63) is 59.7 Å². The summed E-state index contributed by atoms with van der Waals surface area (Å²) in [6.45, 7) is 0. The molecule has 0 aliphatic carbocycles. The van der Waals surface area contributed by atoms with Crippen molar-refractivity contribution in [1.29, 1.82) is 5.26 Å². The number of benzene rings is 2. The fourth-order valence-electron chi connectivity index (χ4n) is 1.64. The molecule has 2 nitrogen and oxygen atoms in total. The molecule has 0 saturated heterocycles. The molecule has 0 fully saturated rings. The lowest BCUT2D eigenvalue weighted by Crippen LogP contribution is -1.85. The molecule has 2 aromatic rings. The molecule has 2 aromatic carbocycles. The Bertz CT molecular complexity index is 695. The predicted molar refractivity (Wildman–Crippen MR) is 98.5 cm³/mol. The molecule has 0 spiro atoms. The molecule has 1 N–H and O–H groups in total. The van der Waals surface area contributed by atoms with Gasteiger partial charge in [-0.2, -0.15) is 5.26 Å². The fraction of sp³-hybridized carbons (Fsp3) is 0. The van der Waals surface area contributed by atoms with Crippen molar-refractivity contribution in [2.45, 2.75) is 0 Å². The van der Waals surface area contributed by atoms with Crippen LogP contribution in [-0.4, -0.2) is 5.11 Å². The van der Waals surface area contributed by atoms with Crippen LogP contribution in [0.4, 0.5) is 0 Å². The van der Waals surface area contributed by atoms with Gasteiger partial charge < -0.3 is 5.11 Å². The van der Waals surface area contributed by atoms with E-state index in [2.05, 4.69) is 51.3 Å². The van der Waals surface area contributed by atoms with E-state index in [0.29, 0.717) is 10.6 Å². The number of halogens is 3. The summed E-state index contributed by atoms with van der Waals surface area (Å²) in [6.07, 6.45) is 1.80. The lowest BCUT2D eigenvalue weighted by molar-refractivity contribution is 0.467. The van der Waals surface area contributed by atoms with Crippen LogP contribution in [-0.2, 0) is 0 Å². The van der Waals surface area contributed by atoms with Gasteiger partial charge in [0, 0.05) is 5.02 Å². The number of phenols is 1. The lowest BCUT2D eigenvalue weighted by atomic mass is 10.0. The van der Waals surface area contributed by atoms with Crippen LogP contribution in [0, 0.1) is 18.5 Å². The van der Waals surface area contributed by atoms with E-state index in [4.69, 9.17) is 11.6 Å². The lowest BCUT2D eigenvalue weighted by Gasteiger charge is -2.04. The van der Waals surface area contributed by atoms with Crippen LogP contribution < -0.4 is 0 Å². The van der Waals surface area contributed by atoms with Gasteiger partial charge in [-0.3, -0.25) is 0 Å². The number of nitrogens with zero attached hydrogens (tertiary/aromatic N) is 1. The van der Waals surface area contributed by atoms with Crippen LogP contribution in [0.2, 0.25) is 5.02 Å². The SMILES string of the molecule is N#C/C(=C/c1cc(I)c(O)c(I)c1)c1ccc(Cl)cc1. The molecular formula is C15H8ClI2NO. The zero-order chi connectivity index (χ0) is 14.7. The Morgan fingerprint density at radius 1 is 1.15 bits per heavy atom. The van der Waals surface area contributed by atoms with Gasteiger partial charge in [0.25, 0.3) is 0 Å². The van der Waals surface area contributed by atoms with Crippen molar-refractivity contribution < 1.29 is 5.11 Å². The van der Waals surface area contributed by atoms with Gasteiger partial charge in [-0.25, -0.2) is 0 Å². The smallest absolute Gasteiger partial charge is 0.142 e. The average Bonchev–Trinajstić information content (AvgIpc) is 2.43. The molecule has 0 radical (unpaired) electrons. The highest BCUT2D eigenvalue weighted by Crippen LogP contribution is 2.29. The molecule has 0 atom stereocenters. The molecular weight excluding hydrogens is 499 g/mol. The minimum atomic E-state index is 0.272. The molecule has 0 bridgehead atoms. The van der Waals surface area contributed by atoms with Crippen LogP contribution in [0.1, 0.15) is 11.1 Å². The van der Waals surface area contributed by atoms with E-state index in [1.807, 2.05) is 24.3 Å². The Morgan fingerprint density at radius 2 is 1.70 bits per heavy atom. The summed E-state index contributed by atoms with van der Waals surface area (Å²) in [6, 6.07) is 13.0. The van der Waals surface area contributed by atoms with Crippen LogP contribution >= 0.6 is 56.8 Å². The Labute approximate surface area is 149 Å². The molecule has 0 aliphatic rings. The van der Waals surface area contributed by atoms with Gasteiger partial charge in [0.15, 0.2) is 0 Å². The largest absolute Gasteiger partial charge is 0.506 e. The summed E-state index contributed by atoms with van der Waals surface area (Å²) < 4.78 is 1.52. The van der Waals surface area contributed by atoms with Gasteiger partial charge in [0.2, 0.25) is 0 Å². The molecule has 0 saturated carbocycles. The van der Waals surface area contributed by atoms with E-state index >= 15 is 0 Å². The molecule has 0 aliphatic heterocycles. The van der Waals surface area contributed by atoms with Crippen molar-refractivity contribution in [2.24, 2.45) is 0 Å². The number of nitriles is 1. The number of rotatable bonds is 2. The fourth-order valence-corrected chi connectivity index (χ4v) is 3.59. The highest BCUT2D eigenvalue weighted by atomic mass is 127. The van der Waals surface area contributed by atoms with Gasteiger partial charge in [-0.05, 0) is 86.7 Å². The molecule has 20 heavy (non-hydrogen) atoms. The number of hydrogen-bond donors (Lipinski definition) is 1. The van der Waals surface area contributed by atoms with Gasteiger partial charge >= 0.3 is 0 Å². The number of allylic oxidation sites excluding steroid dienone is 1. The van der Waals surface area contributed by atoms with Crippen molar-refractivity contribution in [1.82, 2.24) is 0 Å². The first-order valence-corrected chi connectivity index (χ1v) is 8.10. The second-order valence-corrected chi connectivity index (χ2v) is 6.77. The maximum absolute atomic E-state index is 9.75. The molecule has 0 aromatic heterocycles. The zero-order valence-electron chi connectivity index (χ0n) is 10.1. The predicted octanol–water partition coefficient (Wildman–Crippen LogP) is 5.32. The number of phenolic OH excluding ortho intramolecular Hbond substituents is 1. The minimum absolute atomic E-state index is 0.272. The van der Waals surface area contributed by atoms with E-state index in [1.54, 1.807) is 18.2 Å². The van der Waals surface area contributed by atoms with Crippen LogP contribution in [0.5, 0.6) is 5.75 Å². The van der Waals surface area contributed by atoms with Gasteiger partial charge in [-0.15, -0.1) is 0 Å². The summed E-state index contributed by atoms with van der Waals surface area (Å²) in [5, 5.41) is 19.7. The quantitative estimate of drug-likeness (QED) is 0.340. The second-order valence-electron chi connectivity index (χ2n) is 4.01. The molecule has 2 rings (SSSR count). The first kappa shape index (κ1) is 15.6. The molecule has 100 valence electrons. The topological polar surface area (TPSA) is 44.0 Å². The van der Waals surface area contributed by atoms with Gasteiger partial charge in [-0.1, -0.05) is 23.7 Å². The number of aromatic hydroxyl groups is 1. The summed E-state index contributed by atoms with van der Waals surface area (Å²) in [5.74, 6) is 0.272. The monoisotopic (exact) mass is 507 g/mol. The highest BCUT2D eigenvalue weighted by Gasteiger charge is 2.06. The van der Waals surface area contributed by atoms with Gasteiger partial charge in [0.1, 0.15) is 5.75 Å². The third kappa shape index (κ3) is 3.65. The Kier molecular flexibility index (Phi) is 5.29. The second kappa shape index (κ2) is 6.78. The standard InChI is InChI=1S/C15H8ClI2NO/c16-12-3-1-10(2-4-12)11(8-19)5-9-6-13(17)15(20)14(18)7-9/h1-7,20H/b11-5-. The van der Waals surface area contributed by atoms with Crippen LogP contribution in [0.15, 0.2) is 36.4 Å². The minimum Gasteiger partial charge on any atom is -0.506 e. The Morgan fingerprint density at radius 3 is 2.20 bits per heavy atom. The Hall–Kier alpha value is -0.780. The van der Waals surface area contributed by atoms with E-state index < -0.39 is 0 Å². The third-order valence-corrected chi connectivity index (χ3v) is 4.52. The van der Waals surface area contributed by atoms with Crippen LogP contribution in [0.3, 0.4) is 0 Å². The van der Waals surface area contributed by atoms with Crippen molar-refractivity contribution in [2.75, 3.05) is 0 Å². The van der Waals surface area contributed by atoms with Gasteiger partial charge in [0.05, 0.1) is 18.8 Å². The molecule has 0 heterocycles.